The lowest BCUT2D eigenvalue weighted by Gasteiger charge is -2.32. The Morgan fingerprint density at radius 3 is 2.50 bits per heavy atom. The molecule has 1 aromatic carbocycles. The maximum atomic E-state index is 12.2. The number of phosphoric acid groups is 1. The average molecular weight is 488 g/mol. The first kappa shape index (κ1) is 24.9. The molecule has 1 atom stereocenters. The van der Waals surface area contributed by atoms with Crippen molar-refractivity contribution in [3.05, 3.63) is 47.7 Å². The van der Waals surface area contributed by atoms with E-state index in [1.54, 1.807) is 12.3 Å². The summed E-state index contributed by atoms with van der Waals surface area (Å²) in [7, 11) is -4.01. The highest BCUT2D eigenvalue weighted by molar-refractivity contribution is 7.47. The number of aromatic nitrogens is 1. The van der Waals surface area contributed by atoms with E-state index in [0.717, 1.165) is 37.0 Å². The zero-order valence-electron chi connectivity index (χ0n) is 20.2. The van der Waals surface area contributed by atoms with Gasteiger partial charge in [0.2, 0.25) is 5.88 Å². The topological polar surface area (TPSA) is 116 Å². The lowest BCUT2D eigenvalue weighted by molar-refractivity contribution is 0.0736. The number of hydrogen-bond acceptors (Lipinski definition) is 7. The number of fused-ring (bicyclic) bond motifs is 1. The highest BCUT2D eigenvalue weighted by Crippen LogP contribution is 2.48. The maximum Gasteiger partial charge on any atom is 0.472 e. The van der Waals surface area contributed by atoms with Gasteiger partial charge in [-0.1, -0.05) is 38.1 Å². The molecule has 184 valence electrons. The lowest BCUT2D eigenvalue weighted by atomic mass is 9.82. The van der Waals surface area contributed by atoms with E-state index < -0.39 is 13.4 Å². The number of ether oxygens (including phenoxy) is 1. The molecule has 0 bridgehead atoms. The van der Waals surface area contributed by atoms with E-state index in [-0.39, 0.29) is 18.6 Å². The van der Waals surface area contributed by atoms with Crippen LogP contribution in [-0.2, 0) is 13.6 Å². The van der Waals surface area contributed by atoms with Gasteiger partial charge in [-0.3, -0.25) is 9.05 Å². The molecule has 2 aliphatic rings. The Hall–Kier alpha value is -2.25. The molecule has 0 spiro atoms. The molecule has 3 N–H and O–H groups in total. The van der Waals surface area contributed by atoms with Crippen LogP contribution in [0.25, 0.3) is 0 Å². The van der Waals surface area contributed by atoms with Crippen LogP contribution < -0.4 is 10.5 Å². The fraction of sp³-hybridized carbons (Fsp3) is 0.520. The number of phosphoric ester groups is 1. The fourth-order valence-electron chi connectivity index (χ4n) is 4.46. The Bertz CT molecular complexity index is 1090. The minimum absolute atomic E-state index is 0.170. The summed E-state index contributed by atoms with van der Waals surface area (Å²) in [6.07, 6.45) is 4.58. The molecule has 2 heterocycles. The molecule has 1 aliphatic heterocycles. The first-order valence-corrected chi connectivity index (χ1v) is 13.3. The van der Waals surface area contributed by atoms with Crippen molar-refractivity contribution in [3.63, 3.8) is 0 Å². The zero-order chi connectivity index (χ0) is 24.5. The van der Waals surface area contributed by atoms with Crippen LogP contribution in [0.1, 0.15) is 70.4 Å². The van der Waals surface area contributed by atoms with Gasteiger partial charge < -0.3 is 15.4 Å². The standard InChI is InChI=1S/C25H34N3O5P/c1-16(2)15-31-34(29,30)33-20-11-9-18(10-12-20)17-5-7-19(8-6-17)23-25(3,4)32-24-22(28-23)21(26)13-14-27-24/h5-8,13-14,16,18,20H,9-12,15H2,1-4H3,(H2,26,27)(H,29,30)/t18-,20-. The summed E-state index contributed by atoms with van der Waals surface area (Å²) >= 11 is 0. The molecule has 0 saturated heterocycles. The second-order valence-electron chi connectivity index (χ2n) is 9.99. The molecular weight excluding hydrogens is 453 g/mol. The van der Waals surface area contributed by atoms with Crippen molar-refractivity contribution in [2.75, 3.05) is 12.3 Å². The van der Waals surface area contributed by atoms with E-state index in [2.05, 4.69) is 29.2 Å². The third-order valence-electron chi connectivity index (χ3n) is 6.25. The van der Waals surface area contributed by atoms with Gasteiger partial charge >= 0.3 is 7.82 Å². The van der Waals surface area contributed by atoms with Crippen LogP contribution in [0.2, 0.25) is 0 Å². The van der Waals surface area contributed by atoms with Crippen LogP contribution in [0.5, 0.6) is 5.88 Å². The molecule has 1 aromatic heterocycles. The summed E-state index contributed by atoms with van der Waals surface area (Å²) in [5, 5.41) is 0. The number of anilines is 1. The van der Waals surface area contributed by atoms with Crippen molar-refractivity contribution in [1.82, 2.24) is 4.98 Å². The maximum absolute atomic E-state index is 12.2. The number of hydrogen-bond donors (Lipinski definition) is 2. The van der Waals surface area contributed by atoms with Gasteiger partial charge in [0.15, 0.2) is 0 Å². The monoisotopic (exact) mass is 487 g/mol. The van der Waals surface area contributed by atoms with Gasteiger partial charge in [0.05, 0.1) is 24.1 Å². The van der Waals surface area contributed by atoms with Crippen molar-refractivity contribution in [2.24, 2.45) is 10.9 Å². The summed E-state index contributed by atoms with van der Waals surface area (Å²) in [5.74, 6) is 0.997. The molecule has 1 aliphatic carbocycles. The molecule has 4 rings (SSSR count). The highest BCUT2D eigenvalue weighted by atomic mass is 31.2. The number of benzene rings is 1. The zero-order valence-corrected chi connectivity index (χ0v) is 21.1. The molecule has 34 heavy (non-hydrogen) atoms. The van der Waals surface area contributed by atoms with Crippen LogP contribution in [-0.4, -0.2) is 33.9 Å². The number of nitrogens with zero attached hydrogens (tertiary/aromatic N) is 2. The minimum atomic E-state index is -4.01. The first-order chi connectivity index (χ1) is 16.0. The van der Waals surface area contributed by atoms with Crippen molar-refractivity contribution >= 4 is 24.9 Å². The first-order valence-electron chi connectivity index (χ1n) is 11.8. The van der Waals surface area contributed by atoms with Crippen molar-refractivity contribution in [1.29, 1.82) is 0 Å². The van der Waals surface area contributed by atoms with Crippen LogP contribution in [0.4, 0.5) is 11.4 Å². The van der Waals surface area contributed by atoms with E-state index in [4.69, 9.17) is 24.5 Å². The molecule has 8 nitrogen and oxygen atoms in total. The molecule has 1 saturated carbocycles. The molecule has 1 unspecified atom stereocenters. The third kappa shape index (κ3) is 5.69. The van der Waals surface area contributed by atoms with E-state index in [9.17, 15) is 9.46 Å². The number of nitrogens with two attached hydrogens (primary N) is 1. The Kier molecular flexibility index (Phi) is 7.15. The second-order valence-corrected chi connectivity index (χ2v) is 11.4. The smallest absolute Gasteiger partial charge is 0.463 e. The number of pyridine rings is 1. The average Bonchev–Trinajstić information content (AvgIpc) is 2.78. The Morgan fingerprint density at radius 1 is 1.18 bits per heavy atom. The molecule has 0 radical (unpaired) electrons. The summed E-state index contributed by atoms with van der Waals surface area (Å²) in [6, 6.07) is 10.1. The van der Waals surface area contributed by atoms with Crippen LogP contribution in [0, 0.1) is 5.92 Å². The Labute approximate surface area is 201 Å². The van der Waals surface area contributed by atoms with Crippen molar-refractivity contribution < 1.29 is 23.2 Å². The lowest BCUT2D eigenvalue weighted by Crippen LogP contribution is -2.41. The number of rotatable bonds is 7. The van der Waals surface area contributed by atoms with E-state index in [1.165, 1.54) is 5.56 Å². The van der Waals surface area contributed by atoms with Crippen LogP contribution in [0.15, 0.2) is 41.5 Å². The molecule has 0 amide bonds. The number of aliphatic imine (C=N–C) groups is 1. The van der Waals surface area contributed by atoms with Crippen LogP contribution in [0.3, 0.4) is 0 Å². The van der Waals surface area contributed by atoms with Crippen molar-refractivity contribution in [2.45, 2.75) is 71.0 Å². The summed E-state index contributed by atoms with van der Waals surface area (Å²) in [5.41, 5.74) is 9.58. The predicted octanol–water partition coefficient (Wildman–Crippen LogP) is 5.77. The Balaban J connectivity index is 1.41. The second kappa shape index (κ2) is 9.78. The van der Waals surface area contributed by atoms with E-state index in [1.807, 2.05) is 27.7 Å². The van der Waals surface area contributed by atoms with E-state index >= 15 is 0 Å². The summed E-state index contributed by atoms with van der Waals surface area (Å²) in [6.45, 7) is 8.00. The molecule has 1 fully saturated rings. The van der Waals surface area contributed by atoms with Gasteiger partial charge in [0.1, 0.15) is 11.3 Å². The minimum Gasteiger partial charge on any atom is -0.463 e. The van der Waals surface area contributed by atoms with Gasteiger partial charge in [-0.05, 0) is 63.0 Å². The SMILES string of the molecule is CC(C)COP(=O)(O)O[C@H]1CC[C@H](c2ccc(C3=Nc4c(N)ccnc4OC3(C)C)cc2)CC1. The molecular formula is C25H34N3O5P. The normalized spacial score (nSPS) is 23.5. The van der Waals surface area contributed by atoms with Gasteiger partial charge in [-0.2, -0.15) is 0 Å². The van der Waals surface area contributed by atoms with Gasteiger partial charge in [0.25, 0.3) is 0 Å². The van der Waals surface area contributed by atoms with E-state index in [0.29, 0.717) is 23.2 Å². The van der Waals surface area contributed by atoms with Crippen molar-refractivity contribution in [3.8, 4) is 5.88 Å². The Morgan fingerprint density at radius 2 is 1.85 bits per heavy atom. The summed E-state index contributed by atoms with van der Waals surface area (Å²) in [4.78, 5) is 19.0. The van der Waals surface area contributed by atoms with Crippen LogP contribution >= 0.6 is 7.82 Å². The molecule has 9 heteroatoms. The highest BCUT2D eigenvalue weighted by Gasteiger charge is 2.35. The third-order valence-corrected chi connectivity index (χ3v) is 7.29. The van der Waals surface area contributed by atoms with Gasteiger partial charge in [-0.15, -0.1) is 0 Å². The fourth-order valence-corrected chi connectivity index (χ4v) is 5.60. The quantitative estimate of drug-likeness (QED) is 0.476. The number of nitrogen functional groups attached to an aromatic ring is 1. The predicted molar refractivity (Wildman–Crippen MR) is 133 cm³/mol. The molecule has 2 aromatic rings. The van der Waals surface area contributed by atoms with Gasteiger partial charge in [-0.25, -0.2) is 14.5 Å². The summed E-state index contributed by atoms with van der Waals surface area (Å²) < 4.78 is 28.8. The largest absolute Gasteiger partial charge is 0.472 e. The van der Waals surface area contributed by atoms with Gasteiger partial charge in [0, 0.05) is 11.8 Å².